The molecule has 0 bridgehead atoms. The van der Waals surface area contributed by atoms with Gasteiger partial charge in [0.05, 0.1) is 19.8 Å². The van der Waals surface area contributed by atoms with Gasteiger partial charge in [0.2, 0.25) is 5.91 Å². The molecule has 1 aliphatic rings. The summed E-state index contributed by atoms with van der Waals surface area (Å²) in [6.07, 6.45) is 0. The number of carbonyl (C=O) groups excluding carboxylic acids is 1. The van der Waals surface area contributed by atoms with Crippen LogP contribution < -0.4 is 5.32 Å². The van der Waals surface area contributed by atoms with E-state index in [0.717, 1.165) is 16.8 Å². The molecule has 1 fully saturated rings. The largest absolute Gasteiger partial charge is 0.395 e. The third-order valence-corrected chi connectivity index (χ3v) is 3.18. The van der Waals surface area contributed by atoms with E-state index < -0.39 is 5.41 Å². The Morgan fingerprint density at radius 3 is 2.71 bits per heavy atom. The standard InChI is InChI=1S/C13H17NO3/c1-9-3-4-10(2)11(5-9)14-12(16)13(6-15)7-17-8-13/h3-5,15H,6-8H2,1-2H3,(H,14,16). The Morgan fingerprint density at radius 1 is 1.47 bits per heavy atom. The summed E-state index contributed by atoms with van der Waals surface area (Å²) >= 11 is 0. The molecule has 2 N–H and O–H groups in total. The van der Waals surface area contributed by atoms with Crippen LogP contribution >= 0.6 is 0 Å². The zero-order valence-corrected chi connectivity index (χ0v) is 10.1. The van der Waals surface area contributed by atoms with Crippen LogP contribution in [0.15, 0.2) is 18.2 Å². The number of aryl methyl sites for hydroxylation is 2. The van der Waals surface area contributed by atoms with E-state index in [9.17, 15) is 9.90 Å². The van der Waals surface area contributed by atoms with Crippen molar-refractivity contribution in [1.29, 1.82) is 0 Å². The fourth-order valence-corrected chi connectivity index (χ4v) is 1.77. The lowest BCUT2D eigenvalue weighted by Gasteiger charge is -2.38. The topological polar surface area (TPSA) is 58.6 Å². The monoisotopic (exact) mass is 235 g/mol. The van der Waals surface area contributed by atoms with Gasteiger partial charge in [0.15, 0.2) is 0 Å². The Hall–Kier alpha value is -1.39. The summed E-state index contributed by atoms with van der Waals surface area (Å²) in [6.45, 7) is 4.32. The second-order valence-electron chi connectivity index (χ2n) is 4.70. The van der Waals surface area contributed by atoms with Crippen LogP contribution in [0, 0.1) is 19.3 Å². The van der Waals surface area contributed by atoms with Crippen molar-refractivity contribution in [3.8, 4) is 0 Å². The summed E-state index contributed by atoms with van der Waals surface area (Å²) in [6, 6.07) is 5.89. The van der Waals surface area contributed by atoms with Gasteiger partial charge in [-0.05, 0) is 31.0 Å². The number of hydrogen-bond donors (Lipinski definition) is 2. The molecule has 0 radical (unpaired) electrons. The maximum atomic E-state index is 12.1. The van der Waals surface area contributed by atoms with Crippen LogP contribution in [0.2, 0.25) is 0 Å². The van der Waals surface area contributed by atoms with Crippen molar-refractivity contribution < 1.29 is 14.6 Å². The van der Waals surface area contributed by atoms with Gasteiger partial charge >= 0.3 is 0 Å². The SMILES string of the molecule is Cc1ccc(C)c(NC(=O)C2(CO)COC2)c1. The van der Waals surface area contributed by atoms with Gasteiger partial charge in [-0.3, -0.25) is 4.79 Å². The predicted octanol–water partition coefficient (Wildman–Crippen LogP) is 1.25. The molecule has 0 spiro atoms. The van der Waals surface area contributed by atoms with Crippen molar-refractivity contribution in [2.24, 2.45) is 5.41 Å². The Balaban J connectivity index is 2.15. The van der Waals surface area contributed by atoms with Crippen molar-refractivity contribution in [3.05, 3.63) is 29.3 Å². The molecule has 4 heteroatoms. The summed E-state index contributed by atoms with van der Waals surface area (Å²) in [7, 11) is 0. The highest BCUT2D eigenvalue weighted by molar-refractivity contribution is 5.96. The van der Waals surface area contributed by atoms with Gasteiger partial charge in [0.25, 0.3) is 0 Å². The van der Waals surface area contributed by atoms with E-state index in [0.29, 0.717) is 13.2 Å². The minimum Gasteiger partial charge on any atom is -0.395 e. The van der Waals surface area contributed by atoms with Crippen LogP contribution in [-0.2, 0) is 9.53 Å². The molecule has 1 saturated heterocycles. The summed E-state index contributed by atoms with van der Waals surface area (Å²) in [5, 5.41) is 12.1. The van der Waals surface area contributed by atoms with Crippen LogP contribution in [0.3, 0.4) is 0 Å². The number of amides is 1. The lowest BCUT2D eigenvalue weighted by molar-refractivity contribution is -0.164. The maximum Gasteiger partial charge on any atom is 0.237 e. The highest BCUT2D eigenvalue weighted by Crippen LogP contribution is 2.29. The molecule has 1 aromatic rings. The van der Waals surface area contributed by atoms with Crippen LogP contribution in [0.25, 0.3) is 0 Å². The second kappa shape index (κ2) is 4.47. The smallest absolute Gasteiger partial charge is 0.237 e. The number of aliphatic hydroxyl groups excluding tert-OH is 1. The first-order chi connectivity index (χ1) is 8.07. The molecule has 0 saturated carbocycles. The van der Waals surface area contributed by atoms with E-state index in [1.54, 1.807) is 0 Å². The summed E-state index contributed by atoms with van der Waals surface area (Å²) in [5.41, 5.74) is 2.15. The first kappa shape index (κ1) is 12.1. The second-order valence-corrected chi connectivity index (χ2v) is 4.70. The van der Waals surface area contributed by atoms with E-state index in [4.69, 9.17) is 4.74 Å². The lowest BCUT2D eigenvalue weighted by Crippen LogP contribution is -2.54. The van der Waals surface area contributed by atoms with E-state index in [2.05, 4.69) is 5.32 Å². The highest BCUT2D eigenvalue weighted by atomic mass is 16.5. The molecule has 1 aromatic carbocycles. The number of aliphatic hydroxyl groups is 1. The fraction of sp³-hybridized carbons (Fsp3) is 0.462. The lowest BCUT2D eigenvalue weighted by atomic mass is 9.86. The van der Waals surface area contributed by atoms with Crippen LogP contribution in [0.5, 0.6) is 0 Å². The number of hydrogen-bond acceptors (Lipinski definition) is 3. The summed E-state index contributed by atoms with van der Waals surface area (Å²) in [5.74, 6) is -0.167. The molecule has 2 rings (SSSR count). The van der Waals surface area contributed by atoms with E-state index in [1.807, 2.05) is 32.0 Å². The summed E-state index contributed by atoms with van der Waals surface area (Å²) in [4.78, 5) is 12.1. The molecule has 4 nitrogen and oxygen atoms in total. The fourth-order valence-electron chi connectivity index (χ4n) is 1.77. The third kappa shape index (κ3) is 2.18. The Bertz CT molecular complexity index is 433. The molecular weight excluding hydrogens is 218 g/mol. The zero-order chi connectivity index (χ0) is 12.5. The third-order valence-electron chi connectivity index (χ3n) is 3.18. The molecular formula is C13H17NO3. The molecule has 1 heterocycles. The minimum atomic E-state index is -0.754. The molecule has 0 atom stereocenters. The molecule has 0 aliphatic carbocycles. The first-order valence-corrected chi connectivity index (χ1v) is 5.65. The normalized spacial score (nSPS) is 17.4. The maximum absolute atomic E-state index is 12.1. The van der Waals surface area contributed by atoms with Gasteiger partial charge in [-0.25, -0.2) is 0 Å². The number of ether oxygens (including phenoxy) is 1. The van der Waals surface area contributed by atoms with E-state index >= 15 is 0 Å². The van der Waals surface area contributed by atoms with Gasteiger partial charge in [0.1, 0.15) is 5.41 Å². The Morgan fingerprint density at radius 2 is 2.18 bits per heavy atom. The molecule has 17 heavy (non-hydrogen) atoms. The molecule has 1 amide bonds. The predicted molar refractivity (Wildman–Crippen MR) is 64.9 cm³/mol. The Labute approximate surface area is 101 Å². The van der Waals surface area contributed by atoms with Crippen LogP contribution in [0.4, 0.5) is 5.69 Å². The van der Waals surface area contributed by atoms with Crippen molar-refractivity contribution in [2.75, 3.05) is 25.1 Å². The number of nitrogens with one attached hydrogen (secondary N) is 1. The first-order valence-electron chi connectivity index (χ1n) is 5.65. The van der Waals surface area contributed by atoms with Gasteiger partial charge < -0.3 is 15.2 Å². The van der Waals surface area contributed by atoms with Crippen molar-refractivity contribution >= 4 is 11.6 Å². The summed E-state index contributed by atoms with van der Waals surface area (Å²) < 4.78 is 5.02. The van der Waals surface area contributed by atoms with Gasteiger partial charge in [-0.2, -0.15) is 0 Å². The van der Waals surface area contributed by atoms with Gasteiger partial charge in [-0.1, -0.05) is 12.1 Å². The quantitative estimate of drug-likeness (QED) is 0.829. The van der Waals surface area contributed by atoms with Crippen molar-refractivity contribution in [1.82, 2.24) is 0 Å². The Kier molecular flexibility index (Phi) is 3.17. The molecule has 0 aromatic heterocycles. The number of benzene rings is 1. The van der Waals surface area contributed by atoms with Crippen LogP contribution in [0.1, 0.15) is 11.1 Å². The number of carbonyl (C=O) groups is 1. The average molecular weight is 235 g/mol. The van der Waals surface area contributed by atoms with Crippen LogP contribution in [-0.4, -0.2) is 30.8 Å². The van der Waals surface area contributed by atoms with E-state index in [-0.39, 0.29) is 12.5 Å². The highest BCUT2D eigenvalue weighted by Gasteiger charge is 2.45. The minimum absolute atomic E-state index is 0.167. The van der Waals surface area contributed by atoms with Gasteiger partial charge in [0, 0.05) is 5.69 Å². The molecule has 1 aliphatic heterocycles. The van der Waals surface area contributed by atoms with E-state index in [1.165, 1.54) is 0 Å². The van der Waals surface area contributed by atoms with Gasteiger partial charge in [-0.15, -0.1) is 0 Å². The zero-order valence-electron chi connectivity index (χ0n) is 10.1. The molecule has 92 valence electrons. The number of anilines is 1. The number of rotatable bonds is 3. The molecule has 0 unspecified atom stereocenters. The van der Waals surface area contributed by atoms with Crippen molar-refractivity contribution in [3.63, 3.8) is 0 Å². The van der Waals surface area contributed by atoms with Crippen molar-refractivity contribution in [2.45, 2.75) is 13.8 Å². The average Bonchev–Trinajstić information content (AvgIpc) is 2.23.